The molecule has 2 fully saturated rings. The fraction of sp³-hybridized carbons (Fsp3) is 0.286. The van der Waals surface area contributed by atoms with Crippen molar-refractivity contribution in [3.8, 4) is 0 Å². The maximum absolute atomic E-state index is 2.27. The summed E-state index contributed by atoms with van der Waals surface area (Å²) in [6, 6.07) is 0. The molecule has 0 heterocycles. The van der Waals surface area contributed by atoms with E-state index in [1.165, 1.54) is 11.3 Å². The van der Waals surface area contributed by atoms with Crippen LogP contribution in [-0.4, -0.2) is 26.7 Å². The molecule has 2 aliphatic carbocycles. The fourth-order valence-electron chi connectivity index (χ4n) is 1.32. The Morgan fingerprint density at radius 3 is 0.947 bits per heavy atom. The zero-order valence-electron chi connectivity index (χ0n) is 11.6. The van der Waals surface area contributed by atoms with E-state index in [1.807, 2.05) is 0 Å². The van der Waals surface area contributed by atoms with Crippen LogP contribution in [0.5, 0.6) is 0 Å². The van der Waals surface area contributed by atoms with Gasteiger partial charge in [0.15, 0.2) is 0 Å². The summed E-state index contributed by atoms with van der Waals surface area (Å²) in [5.41, 5.74) is 3.00. The summed E-state index contributed by atoms with van der Waals surface area (Å²) in [4.78, 5) is 0. The van der Waals surface area contributed by atoms with Gasteiger partial charge in [-0.2, -0.15) is 0 Å². The molecule has 2 rings (SSSR count). The maximum Gasteiger partial charge on any atom is 2.00 e. The molecular weight excluding hydrogens is 473 g/mol. The van der Waals surface area contributed by atoms with Crippen LogP contribution in [0.3, 0.4) is 0 Å². The SMILES string of the molecule is CP(C)[C]1[CH][CH][CH][CH]1.CP(C)[C]1[CH][CH][CH][CH]1.[Cl-].[Pd+2].[Ru+2]. The minimum Gasteiger partial charge on any atom is -1.00 e. The molecule has 2 saturated carbocycles. The zero-order chi connectivity index (χ0) is 12.0. The second kappa shape index (κ2) is 15.3. The van der Waals surface area contributed by atoms with E-state index >= 15 is 0 Å². The Balaban J connectivity index is -0.000000233. The number of hydrogen-bond acceptors (Lipinski definition) is 0. The largest absolute Gasteiger partial charge is 2.00 e. The van der Waals surface area contributed by atoms with Gasteiger partial charge in [0.05, 0.1) is 0 Å². The number of rotatable bonds is 2. The van der Waals surface area contributed by atoms with Crippen molar-refractivity contribution in [1.82, 2.24) is 0 Å². The summed E-state index contributed by atoms with van der Waals surface area (Å²) >= 11 is 0. The third-order valence-electron chi connectivity index (χ3n) is 2.32. The van der Waals surface area contributed by atoms with E-state index in [-0.39, 0.29) is 68.2 Å². The van der Waals surface area contributed by atoms with Crippen molar-refractivity contribution in [1.29, 1.82) is 0 Å². The van der Waals surface area contributed by atoms with Crippen molar-refractivity contribution in [2.75, 3.05) is 26.7 Å². The molecule has 0 atom stereocenters. The van der Waals surface area contributed by atoms with Gasteiger partial charge in [0.25, 0.3) is 0 Å². The molecule has 0 aliphatic heterocycles. The van der Waals surface area contributed by atoms with Crippen LogP contribution >= 0.6 is 15.8 Å². The Hall–Kier alpha value is 2.44. The molecular formula is C14H20ClP2PdRu+3. The van der Waals surface area contributed by atoms with Gasteiger partial charge < -0.3 is 12.4 Å². The van der Waals surface area contributed by atoms with E-state index in [2.05, 4.69) is 78.0 Å². The average molecular weight is 493 g/mol. The van der Waals surface area contributed by atoms with Gasteiger partial charge in [0.2, 0.25) is 0 Å². The average Bonchev–Trinajstić information content (AvgIpc) is 2.93. The van der Waals surface area contributed by atoms with Gasteiger partial charge in [-0.25, -0.2) is 0 Å². The quantitative estimate of drug-likeness (QED) is 0.401. The van der Waals surface area contributed by atoms with Gasteiger partial charge in [-0.15, -0.1) is 15.8 Å². The van der Waals surface area contributed by atoms with Crippen molar-refractivity contribution < 1.29 is 52.3 Å². The standard InChI is InChI=1S/2C7H10P.ClH.Pd.Ru/c2*1-8(2)7-5-3-4-6-7;;;/h2*3-6H,1-2H3;1H;;/q;;;2*+2/p-1. The van der Waals surface area contributed by atoms with Gasteiger partial charge in [0.1, 0.15) is 0 Å². The van der Waals surface area contributed by atoms with E-state index < -0.39 is 0 Å². The molecule has 108 valence electrons. The monoisotopic (exact) mass is 493 g/mol. The first-order chi connectivity index (χ1) is 7.61. The van der Waals surface area contributed by atoms with Crippen LogP contribution in [0.4, 0.5) is 0 Å². The molecule has 5 heteroatoms. The summed E-state index contributed by atoms with van der Waals surface area (Å²) in [7, 11) is 0.283. The maximum atomic E-state index is 2.27. The summed E-state index contributed by atoms with van der Waals surface area (Å²) in [5, 5.41) is 0. The van der Waals surface area contributed by atoms with E-state index in [9.17, 15) is 0 Å². The molecule has 0 aromatic heterocycles. The summed E-state index contributed by atoms with van der Waals surface area (Å²) in [5.74, 6) is 0. The predicted molar refractivity (Wildman–Crippen MR) is 78.4 cm³/mol. The molecule has 2 aliphatic rings. The van der Waals surface area contributed by atoms with Crippen molar-refractivity contribution in [3.05, 3.63) is 62.7 Å². The molecule has 0 spiro atoms. The summed E-state index contributed by atoms with van der Waals surface area (Å²) in [6.07, 6.45) is 17.1. The molecule has 0 saturated heterocycles. The van der Waals surface area contributed by atoms with Crippen LogP contribution in [-0.2, 0) is 39.9 Å². The fourth-order valence-corrected chi connectivity index (χ4v) is 2.86. The molecule has 19 heavy (non-hydrogen) atoms. The van der Waals surface area contributed by atoms with Crippen molar-refractivity contribution in [2.24, 2.45) is 0 Å². The Labute approximate surface area is 156 Å². The van der Waals surface area contributed by atoms with Crippen LogP contribution in [0, 0.1) is 62.7 Å². The zero-order valence-corrected chi connectivity index (χ0v) is 17.4. The Morgan fingerprint density at radius 2 is 0.842 bits per heavy atom. The first kappa shape index (κ1) is 26.3. The number of hydrogen-bond donors (Lipinski definition) is 0. The van der Waals surface area contributed by atoms with E-state index in [0.717, 1.165) is 0 Å². The molecule has 0 nitrogen and oxygen atoms in total. The van der Waals surface area contributed by atoms with Crippen molar-refractivity contribution >= 4 is 15.8 Å². The normalized spacial score (nSPS) is 19.3. The van der Waals surface area contributed by atoms with E-state index in [4.69, 9.17) is 0 Å². The minimum atomic E-state index is 0. The van der Waals surface area contributed by atoms with Crippen LogP contribution in [0.2, 0.25) is 0 Å². The van der Waals surface area contributed by atoms with E-state index in [0.29, 0.717) is 0 Å². The topological polar surface area (TPSA) is 0 Å². The van der Waals surface area contributed by atoms with Crippen LogP contribution in [0.1, 0.15) is 0 Å². The Kier molecular flexibility index (Phi) is 21.3. The van der Waals surface area contributed by atoms with Crippen LogP contribution in [0.25, 0.3) is 0 Å². The van der Waals surface area contributed by atoms with Gasteiger partial charge in [0, 0.05) is 11.3 Å². The second-order valence-electron chi connectivity index (χ2n) is 4.08. The molecule has 10 radical (unpaired) electrons. The Bertz CT molecular complexity index is 162. The first-order valence-corrected chi connectivity index (χ1v) is 9.86. The summed E-state index contributed by atoms with van der Waals surface area (Å²) < 4.78 is 0. The first-order valence-electron chi connectivity index (χ1n) is 5.39. The third kappa shape index (κ3) is 11.6. The van der Waals surface area contributed by atoms with Crippen molar-refractivity contribution in [2.45, 2.75) is 0 Å². The van der Waals surface area contributed by atoms with Gasteiger partial charge in [-0.05, 0) is 78.0 Å². The predicted octanol–water partition coefficient (Wildman–Crippen LogP) is 1.18. The second-order valence-corrected chi connectivity index (χ2v) is 8.69. The molecule has 0 bridgehead atoms. The number of halogens is 1. The van der Waals surface area contributed by atoms with Crippen molar-refractivity contribution in [3.63, 3.8) is 0 Å². The molecule has 0 N–H and O–H groups in total. The van der Waals surface area contributed by atoms with Gasteiger partial charge in [-0.1, -0.05) is 0 Å². The smallest absolute Gasteiger partial charge is 1.00 e. The van der Waals surface area contributed by atoms with E-state index in [1.54, 1.807) is 0 Å². The third-order valence-corrected chi connectivity index (χ3v) is 4.98. The van der Waals surface area contributed by atoms with Crippen LogP contribution < -0.4 is 12.4 Å². The van der Waals surface area contributed by atoms with Gasteiger partial charge in [-0.3, -0.25) is 0 Å². The summed E-state index contributed by atoms with van der Waals surface area (Å²) in [6.45, 7) is 9.07. The Morgan fingerprint density at radius 1 is 0.632 bits per heavy atom. The molecule has 0 aromatic carbocycles. The molecule has 0 aromatic rings. The minimum absolute atomic E-state index is 0. The van der Waals surface area contributed by atoms with Gasteiger partial charge >= 0.3 is 39.9 Å². The van der Waals surface area contributed by atoms with Crippen LogP contribution in [0.15, 0.2) is 0 Å². The molecule has 0 unspecified atom stereocenters. The molecule has 0 amide bonds.